The molecule has 1 aromatic rings. The van der Waals surface area contributed by atoms with E-state index in [4.69, 9.17) is 0 Å². The van der Waals surface area contributed by atoms with Crippen LogP contribution in [0.4, 0.5) is 4.39 Å². The van der Waals surface area contributed by atoms with Crippen molar-refractivity contribution in [2.45, 2.75) is 19.8 Å². The monoisotopic (exact) mass is 264 g/mol. The van der Waals surface area contributed by atoms with Gasteiger partial charge in [0.15, 0.2) is 0 Å². The van der Waals surface area contributed by atoms with Gasteiger partial charge in [-0.25, -0.2) is 4.39 Å². The van der Waals surface area contributed by atoms with Crippen LogP contribution in [0.2, 0.25) is 0 Å². The van der Waals surface area contributed by atoms with E-state index in [1.807, 2.05) is 0 Å². The zero-order chi connectivity index (χ0) is 13.8. The van der Waals surface area contributed by atoms with Crippen molar-refractivity contribution in [3.05, 3.63) is 35.1 Å². The van der Waals surface area contributed by atoms with E-state index in [1.165, 1.54) is 6.07 Å². The number of hydrogen-bond donors (Lipinski definition) is 1. The Balaban J connectivity index is 1.99. The first-order valence-electron chi connectivity index (χ1n) is 6.80. The zero-order valence-electron chi connectivity index (χ0n) is 11.6. The van der Waals surface area contributed by atoms with E-state index in [2.05, 4.69) is 5.32 Å². The number of carbonyl (C=O) groups excluding carboxylic acids is 1. The molecule has 1 fully saturated rings. The molecule has 1 amide bonds. The van der Waals surface area contributed by atoms with Crippen molar-refractivity contribution in [1.29, 1.82) is 0 Å². The first-order valence-corrected chi connectivity index (χ1v) is 6.80. The van der Waals surface area contributed by atoms with Crippen molar-refractivity contribution in [3.8, 4) is 0 Å². The van der Waals surface area contributed by atoms with Gasteiger partial charge in [0.2, 0.25) is 0 Å². The van der Waals surface area contributed by atoms with Crippen molar-refractivity contribution in [1.82, 2.24) is 10.2 Å². The summed E-state index contributed by atoms with van der Waals surface area (Å²) in [7, 11) is 1.79. The van der Waals surface area contributed by atoms with E-state index in [1.54, 1.807) is 31.0 Å². The molecule has 0 bridgehead atoms. The van der Waals surface area contributed by atoms with Crippen LogP contribution in [0, 0.1) is 18.7 Å². The predicted octanol–water partition coefficient (Wildman–Crippen LogP) is 2.21. The lowest BCUT2D eigenvalue weighted by Gasteiger charge is -2.27. The summed E-state index contributed by atoms with van der Waals surface area (Å²) in [6, 6.07) is 4.68. The van der Waals surface area contributed by atoms with Crippen LogP contribution in [-0.2, 0) is 0 Å². The Hall–Kier alpha value is -1.42. The zero-order valence-corrected chi connectivity index (χ0v) is 11.6. The number of halogens is 1. The Kier molecular flexibility index (Phi) is 4.53. The second kappa shape index (κ2) is 6.15. The highest BCUT2D eigenvalue weighted by molar-refractivity contribution is 5.94. The van der Waals surface area contributed by atoms with Gasteiger partial charge in [0.05, 0.1) is 0 Å². The third-order valence-corrected chi connectivity index (χ3v) is 3.76. The topological polar surface area (TPSA) is 32.3 Å². The van der Waals surface area contributed by atoms with Crippen molar-refractivity contribution in [2.75, 3.05) is 26.7 Å². The van der Waals surface area contributed by atoms with Gasteiger partial charge in [-0.2, -0.15) is 0 Å². The van der Waals surface area contributed by atoms with Gasteiger partial charge in [0.25, 0.3) is 5.91 Å². The number of carbonyl (C=O) groups is 1. The van der Waals surface area contributed by atoms with Gasteiger partial charge in [0.1, 0.15) is 5.82 Å². The van der Waals surface area contributed by atoms with Crippen LogP contribution in [0.5, 0.6) is 0 Å². The molecular weight excluding hydrogens is 243 g/mol. The number of nitrogens with zero attached hydrogens (tertiary/aromatic N) is 1. The maximum absolute atomic E-state index is 13.5. The molecule has 0 aromatic heterocycles. The predicted molar refractivity (Wildman–Crippen MR) is 73.7 cm³/mol. The van der Waals surface area contributed by atoms with E-state index in [-0.39, 0.29) is 11.7 Å². The van der Waals surface area contributed by atoms with E-state index >= 15 is 0 Å². The minimum Gasteiger partial charge on any atom is -0.341 e. The molecule has 2 rings (SSSR count). The summed E-state index contributed by atoms with van der Waals surface area (Å²) in [5.41, 5.74) is 0.997. The highest BCUT2D eigenvalue weighted by atomic mass is 19.1. The molecule has 0 atom stereocenters. The standard InChI is InChI=1S/C15H21FN2O/c1-11-3-4-13(9-14(11)16)15(19)18(2)10-12-5-7-17-8-6-12/h3-4,9,12,17H,5-8,10H2,1-2H3. The van der Waals surface area contributed by atoms with Gasteiger partial charge in [-0.05, 0) is 56.5 Å². The van der Waals surface area contributed by atoms with Crippen LogP contribution in [0.15, 0.2) is 18.2 Å². The molecule has 0 saturated carbocycles. The number of amides is 1. The van der Waals surface area contributed by atoms with Crippen molar-refractivity contribution in [2.24, 2.45) is 5.92 Å². The summed E-state index contributed by atoms with van der Waals surface area (Å²) in [6.45, 7) is 4.48. The number of aryl methyl sites for hydroxylation is 1. The molecule has 3 nitrogen and oxygen atoms in total. The largest absolute Gasteiger partial charge is 0.341 e. The van der Waals surface area contributed by atoms with Crippen LogP contribution in [-0.4, -0.2) is 37.5 Å². The molecular formula is C15H21FN2O. The summed E-state index contributed by atoms with van der Waals surface area (Å²) < 4.78 is 13.5. The molecule has 19 heavy (non-hydrogen) atoms. The third kappa shape index (κ3) is 3.53. The first kappa shape index (κ1) is 14.0. The fourth-order valence-corrected chi connectivity index (χ4v) is 2.48. The van der Waals surface area contributed by atoms with E-state index < -0.39 is 0 Å². The SMILES string of the molecule is Cc1ccc(C(=O)N(C)CC2CCNCC2)cc1F. The van der Waals surface area contributed by atoms with E-state index in [0.29, 0.717) is 17.0 Å². The Morgan fingerprint density at radius 2 is 2.11 bits per heavy atom. The molecule has 1 heterocycles. The quantitative estimate of drug-likeness (QED) is 0.907. The van der Waals surface area contributed by atoms with Crippen molar-refractivity contribution >= 4 is 5.91 Å². The molecule has 1 saturated heterocycles. The second-order valence-corrected chi connectivity index (χ2v) is 5.34. The van der Waals surface area contributed by atoms with E-state index in [0.717, 1.165) is 32.5 Å². The molecule has 104 valence electrons. The van der Waals surface area contributed by atoms with Crippen molar-refractivity contribution in [3.63, 3.8) is 0 Å². The normalized spacial score (nSPS) is 16.4. The molecule has 1 aromatic carbocycles. The van der Waals surface area contributed by atoms with Gasteiger partial charge >= 0.3 is 0 Å². The lowest BCUT2D eigenvalue weighted by molar-refractivity contribution is 0.0762. The molecule has 0 aliphatic carbocycles. The number of rotatable bonds is 3. The average Bonchev–Trinajstić information content (AvgIpc) is 2.42. The van der Waals surface area contributed by atoms with Crippen LogP contribution >= 0.6 is 0 Å². The van der Waals surface area contributed by atoms with Gasteiger partial charge in [-0.3, -0.25) is 4.79 Å². The minimum absolute atomic E-state index is 0.0996. The van der Waals surface area contributed by atoms with Gasteiger partial charge < -0.3 is 10.2 Å². The molecule has 4 heteroatoms. The van der Waals surface area contributed by atoms with Gasteiger partial charge in [-0.15, -0.1) is 0 Å². The maximum Gasteiger partial charge on any atom is 0.253 e. The molecule has 1 N–H and O–H groups in total. The molecule has 0 unspecified atom stereocenters. The lowest BCUT2D eigenvalue weighted by Crippen LogP contribution is -2.37. The van der Waals surface area contributed by atoms with E-state index in [9.17, 15) is 9.18 Å². The van der Waals surface area contributed by atoms with Gasteiger partial charge in [0, 0.05) is 19.2 Å². The van der Waals surface area contributed by atoms with Gasteiger partial charge in [-0.1, -0.05) is 6.07 Å². The molecule has 1 aliphatic heterocycles. The summed E-state index contributed by atoms with van der Waals surface area (Å²) in [5.74, 6) is 0.129. The Labute approximate surface area is 113 Å². The van der Waals surface area contributed by atoms with Crippen LogP contribution < -0.4 is 5.32 Å². The average molecular weight is 264 g/mol. The third-order valence-electron chi connectivity index (χ3n) is 3.76. The summed E-state index contributed by atoms with van der Waals surface area (Å²) in [5, 5.41) is 3.31. The summed E-state index contributed by atoms with van der Waals surface area (Å²) >= 11 is 0. The number of nitrogens with one attached hydrogen (secondary N) is 1. The smallest absolute Gasteiger partial charge is 0.253 e. The second-order valence-electron chi connectivity index (χ2n) is 5.34. The molecule has 1 aliphatic rings. The Morgan fingerprint density at radius 1 is 1.42 bits per heavy atom. The molecule has 0 spiro atoms. The fourth-order valence-electron chi connectivity index (χ4n) is 2.48. The summed E-state index contributed by atoms with van der Waals surface area (Å²) in [4.78, 5) is 13.9. The Morgan fingerprint density at radius 3 is 2.74 bits per heavy atom. The maximum atomic E-state index is 13.5. The lowest BCUT2D eigenvalue weighted by atomic mass is 9.97. The highest BCUT2D eigenvalue weighted by Gasteiger charge is 2.19. The fraction of sp³-hybridized carbons (Fsp3) is 0.533. The number of piperidine rings is 1. The first-order chi connectivity index (χ1) is 9.08. The molecule has 0 radical (unpaired) electrons. The minimum atomic E-state index is -0.318. The number of hydrogen-bond acceptors (Lipinski definition) is 2. The van der Waals surface area contributed by atoms with Crippen LogP contribution in [0.1, 0.15) is 28.8 Å². The highest BCUT2D eigenvalue weighted by Crippen LogP contribution is 2.15. The van der Waals surface area contributed by atoms with Crippen LogP contribution in [0.3, 0.4) is 0 Å². The number of benzene rings is 1. The summed E-state index contributed by atoms with van der Waals surface area (Å²) in [6.07, 6.45) is 2.19. The Bertz CT molecular complexity index is 455. The van der Waals surface area contributed by atoms with Crippen LogP contribution in [0.25, 0.3) is 0 Å². The van der Waals surface area contributed by atoms with Crippen molar-refractivity contribution < 1.29 is 9.18 Å².